The number of hydrogen-bond donors (Lipinski definition) is 4. The molecule has 0 bridgehead atoms. The highest BCUT2D eigenvalue weighted by Crippen LogP contribution is 2.10. The van der Waals surface area contributed by atoms with Crippen LogP contribution in [0.1, 0.15) is 16.9 Å². The number of aliphatic carboxylic acids is 1. The topological polar surface area (TPSA) is 131 Å². The van der Waals surface area contributed by atoms with Gasteiger partial charge in [-0.25, -0.2) is 4.98 Å². The second-order valence-corrected chi connectivity index (χ2v) is 3.95. The largest absolute Gasteiger partial charge is 0.480 e. The van der Waals surface area contributed by atoms with E-state index in [1.165, 1.54) is 5.38 Å². The van der Waals surface area contributed by atoms with Crippen LogP contribution in [0, 0.1) is 0 Å². The van der Waals surface area contributed by atoms with E-state index in [9.17, 15) is 9.59 Å². The molecule has 1 aromatic heterocycles. The van der Waals surface area contributed by atoms with Gasteiger partial charge in [0.1, 0.15) is 11.7 Å². The lowest BCUT2D eigenvalue weighted by Gasteiger charge is -2.06. The number of thiazole rings is 1. The Kier molecular flexibility index (Phi) is 4.20. The zero-order chi connectivity index (χ0) is 12.1. The van der Waals surface area contributed by atoms with Gasteiger partial charge in [-0.3, -0.25) is 9.59 Å². The van der Waals surface area contributed by atoms with Crippen molar-refractivity contribution in [1.29, 1.82) is 0 Å². The SMILES string of the molecule is Nc1nc(C(=O)NCC[C@H](N)C(=O)O)cs1. The summed E-state index contributed by atoms with van der Waals surface area (Å²) in [6.45, 7) is 0.184. The highest BCUT2D eigenvalue weighted by molar-refractivity contribution is 7.13. The highest BCUT2D eigenvalue weighted by atomic mass is 32.1. The normalized spacial score (nSPS) is 12.1. The Morgan fingerprint density at radius 3 is 2.81 bits per heavy atom. The molecule has 1 atom stereocenters. The van der Waals surface area contributed by atoms with Crippen LogP contribution in [0.3, 0.4) is 0 Å². The predicted molar refractivity (Wildman–Crippen MR) is 59.1 cm³/mol. The molecule has 0 radical (unpaired) electrons. The predicted octanol–water partition coefficient (Wildman–Crippen LogP) is -0.743. The monoisotopic (exact) mass is 244 g/mol. The number of carboxylic acid groups (broad SMARTS) is 1. The molecule has 1 heterocycles. The number of nitrogens with zero attached hydrogens (tertiary/aromatic N) is 1. The van der Waals surface area contributed by atoms with Gasteiger partial charge in [-0.1, -0.05) is 0 Å². The number of hydrogen-bond acceptors (Lipinski definition) is 6. The number of carbonyl (C=O) groups is 2. The van der Waals surface area contributed by atoms with Gasteiger partial charge in [-0.05, 0) is 6.42 Å². The Balaban J connectivity index is 2.34. The maximum Gasteiger partial charge on any atom is 0.320 e. The number of amides is 1. The molecule has 1 aromatic rings. The molecular formula is C8H12N4O3S. The lowest BCUT2D eigenvalue weighted by molar-refractivity contribution is -0.138. The maximum atomic E-state index is 11.4. The molecule has 0 aliphatic heterocycles. The van der Waals surface area contributed by atoms with E-state index in [2.05, 4.69) is 10.3 Å². The number of nitrogens with two attached hydrogens (primary N) is 2. The number of carboxylic acids is 1. The van der Waals surface area contributed by atoms with E-state index in [0.717, 1.165) is 11.3 Å². The fraction of sp³-hybridized carbons (Fsp3) is 0.375. The molecule has 0 aromatic carbocycles. The van der Waals surface area contributed by atoms with E-state index in [1.807, 2.05) is 0 Å². The van der Waals surface area contributed by atoms with Crippen molar-refractivity contribution in [3.8, 4) is 0 Å². The Morgan fingerprint density at radius 2 is 2.31 bits per heavy atom. The summed E-state index contributed by atoms with van der Waals surface area (Å²) >= 11 is 1.16. The van der Waals surface area contributed by atoms with Crippen molar-refractivity contribution >= 4 is 28.3 Å². The van der Waals surface area contributed by atoms with Crippen LogP contribution in [0.25, 0.3) is 0 Å². The summed E-state index contributed by atoms with van der Waals surface area (Å²) in [4.78, 5) is 25.6. The van der Waals surface area contributed by atoms with E-state index in [0.29, 0.717) is 5.13 Å². The molecule has 0 unspecified atom stereocenters. The first-order chi connectivity index (χ1) is 7.50. The van der Waals surface area contributed by atoms with Crippen molar-refractivity contribution in [3.63, 3.8) is 0 Å². The van der Waals surface area contributed by atoms with Crippen molar-refractivity contribution in [1.82, 2.24) is 10.3 Å². The Labute approximate surface area is 95.5 Å². The van der Waals surface area contributed by atoms with Gasteiger partial charge in [0.15, 0.2) is 5.13 Å². The minimum absolute atomic E-state index is 0.167. The summed E-state index contributed by atoms with van der Waals surface area (Å²) in [5, 5.41) is 12.8. The van der Waals surface area contributed by atoms with Gasteiger partial charge in [-0.15, -0.1) is 11.3 Å². The second-order valence-electron chi connectivity index (χ2n) is 3.06. The van der Waals surface area contributed by atoms with Gasteiger partial charge in [-0.2, -0.15) is 0 Å². The fourth-order valence-electron chi connectivity index (χ4n) is 0.947. The molecule has 7 nitrogen and oxygen atoms in total. The molecule has 1 amide bonds. The molecule has 8 heteroatoms. The average Bonchev–Trinajstić information content (AvgIpc) is 2.64. The van der Waals surface area contributed by atoms with Crippen LogP contribution >= 0.6 is 11.3 Å². The molecule has 0 saturated heterocycles. The van der Waals surface area contributed by atoms with Crippen LogP contribution in [0.5, 0.6) is 0 Å². The molecule has 16 heavy (non-hydrogen) atoms. The Bertz CT molecular complexity index is 392. The maximum absolute atomic E-state index is 11.4. The highest BCUT2D eigenvalue weighted by Gasteiger charge is 2.13. The van der Waals surface area contributed by atoms with Crippen LogP contribution in [0.2, 0.25) is 0 Å². The van der Waals surface area contributed by atoms with E-state index in [4.69, 9.17) is 16.6 Å². The summed E-state index contributed by atoms with van der Waals surface area (Å²) in [6.07, 6.45) is 0.167. The minimum Gasteiger partial charge on any atom is -0.480 e. The molecule has 6 N–H and O–H groups in total. The molecule has 0 aliphatic rings. The zero-order valence-electron chi connectivity index (χ0n) is 8.34. The molecular weight excluding hydrogens is 232 g/mol. The van der Waals surface area contributed by atoms with Gasteiger partial charge in [0, 0.05) is 11.9 Å². The fourth-order valence-corrected chi connectivity index (χ4v) is 1.49. The number of nitrogens with one attached hydrogen (secondary N) is 1. The van der Waals surface area contributed by atoms with Crippen LogP contribution in [-0.2, 0) is 4.79 Å². The van der Waals surface area contributed by atoms with E-state index >= 15 is 0 Å². The van der Waals surface area contributed by atoms with E-state index < -0.39 is 12.0 Å². The molecule has 0 fully saturated rings. The van der Waals surface area contributed by atoms with E-state index in [1.54, 1.807) is 0 Å². The first kappa shape index (κ1) is 12.4. The van der Waals surface area contributed by atoms with Crippen molar-refractivity contribution in [2.75, 3.05) is 12.3 Å². The van der Waals surface area contributed by atoms with Crippen LogP contribution in [0.15, 0.2) is 5.38 Å². The lowest BCUT2D eigenvalue weighted by atomic mass is 10.2. The van der Waals surface area contributed by atoms with Crippen molar-refractivity contribution in [3.05, 3.63) is 11.1 Å². The Hall–Kier alpha value is -1.67. The molecule has 0 aliphatic carbocycles. The van der Waals surface area contributed by atoms with Crippen molar-refractivity contribution < 1.29 is 14.7 Å². The van der Waals surface area contributed by atoms with Gasteiger partial charge in [0.2, 0.25) is 0 Å². The molecule has 1 rings (SSSR count). The van der Waals surface area contributed by atoms with E-state index in [-0.39, 0.29) is 24.6 Å². The number of aromatic nitrogens is 1. The first-order valence-electron chi connectivity index (χ1n) is 4.48. The summed E-state index contributed by atoms with van der Waals surface area (Å²) in [5.41, 5.74) is 10.9. The van der Waals surface area contributed by atoms with Gasteiger partial charge in [0.25, 0.3) is 5.91 Å². The third kappa shape index (κ3) is 3.48. The smallest absolute Gasteiger partial charge is 0.320 e. The van der Waals surface area contributed by atoms with Crippen molar-refractivity contribution in [2.45, 2.75) is 12.5 Å². The number of nitrogen functional groups attached to an aromatic ring is 1. The van der Waals surface area contributed by atoms with Gasteiger partial charge < -0.3 is 21.9 Å². The summed E-state index contributed by atoms with van der Waals surface area (Å²) in [5.74, 6) is -1.47. The van der Waals surface area contributed by atoms with Gasteiger partial charge >= 0.3 is 5.97 Å². The number of rotatable bonds is 5. The van der Waals surface area contributed by atoms with Crippen LogP contribution < -0.4 is 16.8 Å². The summed E-state index contributed by atoms with van der Waals surface area (Å²) in [6, 6.07) is -0.971. The van der Waals surface area contributed by atoms with Crippen molar-refractivity contribution in [2.24, 2.45) is 5.73 Å². The lowest BCUT2D eigenvalue weighted by Crippen LogP contribution is -2.35. The second kappa shape index (κ2) is 5.42. The summed E-state index contributed by atoms with van der Waals surface area (Å²) < 4.78 is 0. The number of carbonyl (C=O) groups excluding carboxylic acids is 1. The number of anilines is 1. The molecule has 88 valence electrons. The van der Waals surface area contributed by atoms with Crippen LogP contribution in [-0.4, -0.2) is 34.6 Å². The Morgan fingerprint density at radius 1 is 1.62 bits per heavy atom. The standard InChI is InChI=1S/C8H12N4O3S/c9-4(7(14)15)1-2-11-6(13)5-3-16-8(10)12-5/h3-4H,1-2,9H2,(H2,10,12)(H,11,13)(H,14,15)/t4-/m0/s1. The molecule has 0 saturated carbocycles. The molecule has 0 spiro atoms. The average molecular weight is 244 g/mol. The zero-order valence-corrected chi connectivity index (χ0v) is 9.16. The first-order valence-corrected chi connectivity index (χ1v) is 5.36. The summed E-state index contributed by atoms with van der Waals surface area (Å²) in [7, 11) is 0. The van der Waals surface area contributed by atoms with Crippen LogP contribution in [0.4, 0.5) is 5.13 Å². The third-order valence-electron chi connectivity index (χ3n) is 1.81. The van der Waals surface area contributed by atoms with Gasteiger partial charge in [0.05, 0.1) is 0 Å². The third-order valence-corrected chi connectivity index (χ3v) is 2.49. The quantitative estimate of drug-likeness (QED) is 0.539. The minimum atomic E-state index is -1.09.